The molecule has 0 aliphatic rings. The zero-order chi connectivity index (χ0) is 21.6. The summed E-state index contributed by atoms with van der Waals surface area (Å²) >= 11 is 1.40. The predicted molar refractivity (Wildman–Crippen MR) is 124 cm³/mol. The first-order valence-corrected chi connectivity index (χ1v) is 10.7. The van der Waals surface area contributed by atoms with E-state index in [-0.39, 0.29) is 17.3 Å². The molecule has 2 heterocycles. The molecule has 0 bridgehead atoms. The maximum Gasteiger partial charge on any atom is 0.266 e. The van der Waals surface area contributed by atoms with E-state index in [1.54, 1.807) is 13.2 Å². The van der Waals surface area contributed by atoms with E-state index in [1.807, 2.05) is 57.6 Å². The Morgan fingerprint density at radius 2 is 2.00 bits per heavy atom. The van der Waals surface area contributed by atoms with Crippen LogP contribution in [-0.4, -0.2) is 37.6 Å². The van der Waals surface area contributed by atoms with Crippen molar-refractivity contribution in [1.82, 2.24) is 9.88 Å². The zero-order valence-electron chi connectivity index (χ0n) is 17.8. The summed E-state index contributed by atoms with van der Waals surface area (Å²) in [5.74, 6) is 0.502. The summed E-state index contributed by atoms with van der Waals surface area (Å²) in [5, 5.41) is 3.65. The number of nitrogens with zero attached hydrogens (tertiary/aromatic N) is 1. The van der Waals surface area contributed by atoms with Crippen molar-refractivity contribution in [2.24, 2.45) is 0 Å². The van der Waals surface area contributed by atoms with Gasteiger partial charge in [0, 0.05) is 22.9 Å². The number of aryl methyl sites for hydroxylation is 1. The Morgan fingerprint density at radius 1 is 1.23 bits per heavy atom. The molecule has 4 nitrogen and oxygen atoms in total. The fraction of sp³-hybridized carbons (Fsp3) is 0.292. The molecule has 0 fully saturated rings. The summed E-state index contributed by atoms with van der Waals surface area (Å²) in [7, 11) is 5.59. The Labute approximate surface area is 178 Å². The minimum Gasteiger partial charge on any atom is -0.496 e. The molecular weight excluding hydrogens is 399 g/mol. The SMILES string of the molecule is COc1cc(C)c2[nH]c(=O)c3sccc3c2c1-c1ccc([C@H](C)CN(C)C)c(F)c1. The van der Waals surface area contributed by atoms with Gasteiger partial charge in [0.25, 0.3) is 5.56 Å². The van der Waals surface area contributed by atoms with Crippen LogP contribution in [0.1, 0.15) is 24.0 Å². The summed E-state index contributed by atoms with van der Waals surface area (Å²) in [5.41, 5.74) is 3.78. The van der Waals surface area contributed by atoms with E-state index in [0.717, 1.165) is 39.5 Å². The lowest BCUT2D eigenvalue weighted by Gasteiger charge is -2.19. The molecule has 2 aromatic carbocycles. The molecule has 1 atom stereocenters. The lowest BCUT2D eigenvalue weighted by molar-refractivity contribution is 0.378. The third-order valence-electron chi connectivity index (χ3n) is 5.55. The number of aromatic amines is 1. The highest BCUT2D eigenvalue weighted by Gasteiger charge is 2.20. The lowest BCUT2D eigenvalue weighted by atomic mass is 9.92. The van der Waals surface area contributed by atoms with Crippen molar-refractivity contribution in [3.63, 3.8) is 0 Å². The van der Waals surface area contributed by atoms with Crippen LogP contribution in [0.15, 0.2) is 40.5 Å². The smallest absolute Gasteiger partial charge is 0.266 e. The molecule has 4 aromatic rings. The molecule has 6 heteroatoms. The number of benzene rings is 2. The van der Waals surface area contributed by atoms with Gasteiger partial charge in [-0.1, -0.05) is 19.1 Å². The Hall–Kier alpha value is -2.70. The van der Waals surface area contributed by atoms with Crippen molar-refractivity contribution in [3.05, 3.63) is 63.0 Å². The van der Waals surface area contributed by atoms with Crippen LogP contribution < -0.4 is 10.3 Å². The van der Waals surface area contributed by atoms with Gasteiger partial charge in [-0.15, -0.1) is 11.3 Å². The topological polar surface area (TPSA) is 45.3 Å². The molecule has 0 saturated carbocycles. The van der Waals surface area contributed by atoms with E-state index in [9.17, 15) is 4.79 Å². The molecule has 30 heavy (non-hydrogen) atoms. The van der Waals surface area contributed by atoms with Crippen LogP contribution >= 0.6 is 11.3 Å². The van der Waals surface area contributed by atoms with Gasteiger partial charge in [0.05, 0.1) is 12.6 Å². The van der Waals surface area contributed by atoms with E-state index >= 15 is 4.39 Å². The summed E-state index contributed by atoms with van der Waals surface area (Å²) in [6, 6.07) is 9.23. The number of hydrogen-bond donors (Lipinski definition) is 1. The molecule has 1 N–H and O–H groups in total. The van der Waals surface area contributed by atoms with E-state index in [0.29, 0.717) is 16.0 Å². The molecular formula is C24H25FN2O2S. The Balaban J connectivity index is 2.01. The van der Waals surface area contributed by atoms with Crippen molar-refractivity contribution >= 4 is 32.3 Å². The highest BCUT2D eigenvalue weighted by atomic mass is 32.1. The second kappa shape index (κ2) is 7.85. The number of thiophene rings is 1. The van der Waals surface area contributed by atoms with Gasteiger partial charge >= 0.3 is 0 Å². The van der Waals surface area contributed by atoms with Gasteiger partial charge in [-0.3, -0.25) is 4.79 Å². The molecule has 0 radical (unpaired) electrons. The average molecular weight is 425 g/mol. The minimum absolute atomic E-state index is 0.0747. The number of hydrogen-bond acceptors (Lipinski definition) is 4. The van der Waals surface area contributed by atoms with Gasteiger partial charge in [-0.05, 0) is 67.2 Å². The maximum atomic E-state index is 15.2. The molecule has 0 spiro atoms. The number of likely N-dealkylation sites (N-methyl/N-ethyl adjacent to an activating group) is 1. The lowest BCUT2D eigenvalue weighted by Crippen LogP contribution is -2.19. The van der Waals surface area contributed by atoms with E-state index in [4.69, 9.17) is 4.74 Å². The third-order valence-corrected chi connectivity index (χ3v) is 6.46. The van der Waals surface area contributed by atoms with Crippen molar-refractivity contribution in [3.8, 4) is 16.9 Å². The second-order valence-corrected chi connectivity index (χ2v) is 8.95. The number of fused-ring (bicyclic) bond motifs is 3. The van der Waals surface area contributed by atoms with Crippen LogP contribution in [0.3, 0.4) is 0 Å². The number of nitrogens with one attached hydrogen (secondary N) is 1. The minimum atomic E-state index is -0.233. The van der Waals surface area contributed by atoms with Gasteiger partial charge in [0.15, 0.2) is 0 Å². The fourth-order valence-corrected chi connectivity index (χ4v) is 5.04. The van der Waals surface area contributed by atoms with Crippen molar-refractivity contribution in [2.45, 2.75) is 19.8 Å². The zero-order valence-corrected chi connectivity index (χ0v) is 18.6. The first-order chi connectivity index (χ1) is 14.3. The normalized spacial score (nSPS) is 12.8. The summed E-state index contributed by atoms with van der Waals surface area (Å²) in [6.07, 6.45) is 0. The molecule has 0 aliphatic heterocycles. The van der Waals surface area contributed by atoms with Crippen LogP contribution in [-0.2, 0) is 0 Å². The van der Waals surface area contributed by atoms with Crippen molar-refractivity contribution in [1.29, 1.82) is 0 Å². The van der Waals surface area contributed by atoms with Crippen molar-refractivity contribution in [2.75, 3.05) is 27.7 Å². The van der Waals surface area contributed by atoms with Gasteiger partial charge in [-0.25, -0.2) is 4.39 Å². The quantitative estimate of drug-likeness (QED) is 0.458. The fourth-order valence-electron chi connectivity index (χ4n) is 4.24. The first kappa shape index (κ1) is 20.6. The van der Waals surface area contributed by atoms with E-state index < -0.39 is 0 Å². The molecule has 0 amide bonds. The number of pyridine rings is 1. The molecule has 2 aromatic heterocycles. The second-order valence-electron chi connectivity index (χ2n) is 8.04. The summed E-state index contributed by atoms with van der Waals surface area (Å²) < 4.78 is 21.5. The molecule has 156 valence electrons. The number of H-pyrrole nitrogens is 1. The number of methoxy groups -OCH3 is 1. The number of aromatic nitrogens is 1. The molecule has 0 aliphatic carbocycles. The van der Waals surface area contributed by atoms with Crippen LogP contribution in [0.2, 0.25) is 0 Å². The Kier molecular flexibility index (Phi) is 5.38. The van der Waals surface area contributed by atoms with Crippen molar-refractivity contribution < 1.29 is 9.13 Å². The van der Waals surface area contributed by atoms with Crippen LogP contribution in [0, 0.1) is 12.7 Å². The van der Waals surface area contributed by atoms with Crippen LogP contribution in [0.4, 0.5) is 4.39 Å². The summed E-state index contributed by atoms with van der Waals surface area (Å²) in [4.78, 5) is 17.6. The number of ether oxygens (including phenoxy) is 1. The molecule has 0 unspecified atom stereocenters. The maximum absolute atomic E-state index is 15.2. The monoisotopic (exact) mass is 424 g/mol. The predicted octanol–water partition coefficient (Wildman–Crippen LogP) is 5.53. The van der Waals surface area contributed by atoms with E-state index in [1.165, 1.54) is 11.3 Å². The largest absolute Gasteiger partial charge is 0.496 e. The van der Waals surface area contributed by atoms with Gasteiger partial charge in [-0.2, -0.15) is 0 Å². The van der Waals surface area contributed by atoms with Gasteiger partial charge in [0.2, 0.25) is 0 Å². The van der Waals surface area contributed by atoms with Crippen LogP contribution in [0.5, 0.6) is 5.75 Å². The first-order valence-electron chi connectivity index (χ1n) is 9.87. The molecule has 0 saturated heterocycles. The van der Waals surface area contributed by atoms with Gasteiger partial charge < -0.3 is 14.6 Å². The number of halogens is 1. The van der Waals surface area contributed by atoms with E-state index in [2.05, 4.69) is 9.88 Å². The number of rotatable bonds is 5. The highest BCUT2D eigenvalue weighted by Crippen LogP contribution is 2.42. The average Bonchev–Trinajstić information content (AvgIpc) is 3.18. The summed E-state index contributed by atoms with van der Waals surface area (Å²) in [6.45, 7) is 4.73. The standard InChI is InChI=1S/C24H25FN2O2S/c1-13-10-19(29-5)20(21-17-8-9-30-23(17)24(28)26-22(13)21)15-6-7-16(18(25)11-15)14(2)12-27(3)4/h6-11,14H,12H2,1-5H3,(H,26,28)/t14-/m1/s1. The van der Waals surface area contributed by atoms with Gasteiger partial charge in [0.1, 0.15) is 16.3 Å². The third kappa shape index (κ3) is 3.40. The highest BCUT2D eigenvalue weighted by molar-refractivity contribution is 7.17. The molecule has 4 rings (SSSR count). The Bertz CT molecular complexity index is 1310. The van der Waals surface area contributed by atoms with Crippen LogP contribution in [0.25, 0.3) is 32.1 Å². The Morgan fingerprint density at radius 3 is 2.67 bits per heavy atom.